The highest BCUT2D eigenvalue weighted by Gasteiger charge is 2.11. The van der Waals surface area contributed by atoms with E-state index in [2.05, 4.69) is 20.4 Å². The fraction of sp³-hybridized carbons (Fsp3) is 0.167. The van der Waals surface area contributed by atoms with E-state index in [1.807, 2.05) is 30.3 Å². The third kappa shape index (κ3) is 4.87. The van der Waals surface area contributed by atoms with Crippen LogP contribution in [0.4, 0.5) is 15.9 Å². The number of aromatic nitrogens is 2. The van der Waals surface area contributed by atoms with Crippen molar-refractivity contribution < 1.29 is 13.9 Å². The van der Waals surface area contributed by atoms with Gasteiger partial charge < -0.3 is 14.8 Å². The molecule has 7 nitrogen and oxygen atoms in total. The Morgan fingerprint density at radius 1 is 1.06 bits per heavy atom. The van der Waals surface area contributed by atoms with Gasteiger partial charge in [0.2, 0.25) is 0 Å². The Hall–Kier alpha value is -3.91. The molecule has 2 aromatic carbocycles. The van der Waals surface area contributed by atoms with Crippen LogP contribution in [0, 0.1) is 11.3 Å². The molecule has 4 rings (SSSR count). The first-order valence-corrected chi connectivity index (χ1v) is 10.1. The molecular formula is C24H22FN5O2. The van der Waals surface area contributed by atoms with Crippen LogP contribution in [0.2, 0.25) is 0 Å². The van der Waals surface area contributed by atoms with Crippen LogP contribution in [-0.2, 0) is 11.3 Å². The molecule has 0 radical (unpaired) electrons. The van der Waals surface area contributed by atoms with Crippen LogP contribution in [0.5, 0.6) is 5.75 Å². The van der Waals surface area contributed by atoms with Gasteiger partial charge in [-0.15, -0.1) is 0 Å². The van der Waals surface area contributed by atoms with Gasteiger partial charge in [0.05, 0.1) is 17.8 Å². The van der Waals surface area contributed by atoms with Crippen molar-refractivity contribution in [1.29, 1.82) is 5.53 Å². The Morgan fingerprint density at radius 3 is 2.78 bits per heavy atom. The van der Waals surface area contributed by atoms with Crippen LogP contribution in [-0.4, -0.2) is 30.3 Å². The summed E-state index contributed by atoms with van der Waals surface area (Å²) in [7, 11) is 1.56. The third-order valence-corrected chi connectivity index (χ3v) is 4.89. The second-order valence-corrected chi connectivity index (χ2v) is 7.05. The summed E-state index contributed by atoms with van der Waals surface area (Å²) >= 11 is 0. The van der Waals surface area contributed by atoms with E-state index in [0.29, 0.717) is 35.9 Å². The van der Waals surface area contributed by atoms with E-state index >= 15 is 0 Å². The zero-order valence-electron chi connectivity index (χ0n) is 17.5. The maximum Gasteiger partial charge on any atom is 0.165 e. The predicted molar refractivity (Wildman–Crippen MR) is 121 cm³/mol. The number of methoxy groups -OCH3 is 1. The number of anilines is 1. The minimum Gasteiger partial charge on any atom is -0.488 e. The smallest absolute Gasteiger partial charge is 0.165 e. The first kappa shape index (κ1) is 21.3. The zero-order chi connectivity index (χ0) is 22.3. The number of rotatable bonds is 9. The number of benzene rings is 2. The number of ether oxygens (including phenoxy) is 2. The second kappa shape index (κ2) is 9.93. The van der Waals surface area contributed by atoms with Gasteiger partial charge in [0.1, 0.15) is 12.3 Å². The van der Waals surface area contributed by atoms with E-state index < -0.39 is 5.82 Å². The highest BCUT2D eigenvalue weighted by molar-refractivity contribution is 5.79. The summed E-state index contributed by atoms with van der Waals surface area (Å²) in [5, 5.41) is 7.83. The monoisotopic (exact) mass is 431 g/mol. The van der Waals surface area contributed by atoms with E-state index in [1.54, 1.807) is 37.6 Å². The van der Waals surface area contributed by atoms with Crippen molar-refractivity contribution in [2.45, 2.75) is 6.54 Å². The fourth-order valence-electron chi connectivity index (χ4n) is 3.27. The van der Waals surface area contributed by atoms with Gasteiger partial charge in [-0.05, 0) is 54.1 Å². The zero-order valence-corrected chi connectivity index (χ0v) is 17.5. The lowest BCUT2D eigenvalue weighted by Crippen LogP contribution is -2.05. The van der Waals surface area contributed by atoms with Crippen LogP contribution >= 0.6 is 0 Å². The Bertz CT molecular complexity index is 1250. The summed E-state index contributed by atoms with van der Waals surface area (Å²) in [5.74, 6) is 0.131. The van der Waals surface area contributed by atoms with Crippen LogP contribution in [0.1, 0.15) is 5.56 Å². The average Bonchev–Trinajstić information content (AvgIpc) is 2.83. The number of hydrogen-bond acceptors (Lipinski definition) is 7. The van der Waals surface area contributed by atoms with Crippen LogP contribution in [0.15, 0.2) is 72.0 Å². The summed E-state index contributed by atoms with van der Waals surface area (Å²) in [6.07, 6.45) is 1.76. The first-order chi connectivity index (χ1) is 15.7. The van der Waals surface area contributed by atoms with Gasteiger partial charge in [-0.25, -0.2) is 14.9 Å². The van der Waals surface area contributed by atoms with Crippen molar-refractivity contribution in [1.82, 2.24) is 9.97 Å². The molecule has 0 saturated carbocycles. The first-order valence-electron chi connectivity index (χ1n) is 10.1. The summed E-state index contributed by atoms with van der Waals surface area (Å²) in [4.78, 5) is 8.90. The maximum absolute atomic E-state index is 14.4. The van der Waals surface area contributed by atoms with Crippen molar-refractivity contribution in [3.05, 3.63) is 78.2 Å². The number of fused-ring (bicyclic) bond motifs is 1. The summed E-state index contributed by atoms with van der Waals surface area (Å²) in [5.41, 5.74) is 11.0. The van der Waals surface area contributed by atoms with Crippen molar-refractivity contribution in [3.8, 4) is 17.0 Å². The molecule has 4 aromatic rings. The van der Waals surface area contributed by atoms with Gasteiger partial charge in [0.15, 0.2) is 17.4 Å². The van der Waals surface area contributed by atoms with Crippen molar-refractivity contribution in [3.63, 3.8) is 0 Å². The van der Waals surface area contributed by atoms with Gasteiger partial charge >= 0.3 is 0 Å². The molecular weight excluding hydrogens is 409 g/mol. The largest absolute Gasteiger partial charge is 0.488 e. The summed E-state index contributed by atoms with van der Waals surface area (Å²) in [6.45, 7) is 1.14. The summed E-state index contributed by atoms with van der Waals surface area (Å²) < 4.78 is 24.7. The number of nitrogens with one attached hydrogen (secondary N) is 2. The van der Waals surface area contributed by atoms with Crippen molar-refractivity contribution >= 4 is 22.4 Å². The van der Waals surface area contributed by atoms with E-state index in [-0.39, 0.29) is 12.4 Å². The molecule has 0 spiro atoms. The fourth-order valence-corrected chi connectivity index (χ4v) is 3.27. The van der Waals surface area contributed by atoms with E-state index in [1.165, 1.54) is 6.07 Å². The lowest BCUT2D eigenvalue weighted by molar-refractivity contribution is 0.144. The number of pyridine rings is 2. The molecule has 0 bridgehead atoms. The van der Waals surface area contributed by atoms with Gasteiger partial charge in [-0.3, -0.25) is 4.98 Å². The van der Waals surface area contributed by atoms with E-state index in [9.17, 15) is 4.39 Å². The Kier molecular flexibility index (Phi) is 6.62. The molecule has 0 aliphatic rings. The molecule has 8 heteroatoms. The Morgan fingerprint density at radius 2 is 1.97 bits per heavy atom. The molecule has 0 aliphatic heterocycles. The molecule has 162 valence electrons. The Balaban J connectivity index is 1.54. The van der Waals surface area contributed by atoms with Gasteiger partial charge in [-0.1, -0.05) is 12.1 Å². The standard InChI is InChI=1S/C24H22FN5O2/c1-31-11-12-32-23-9-5-18(14-19(23)25)21-7-8-22(30-26)24(29-21)28-15-16-4-6-20-17(13-16)3-2-10-27-20/h2-10,13-14,26H,11-12,15H2,1H3,(H,28,29). The molecule has 0 saturated heterocycles. The van der Waals surface area contributed by atoms with Gasteiger partial charge in [0, 0.05) is 30.8 Å². The van der Waals surface area contributed by atoms with Crippen LogP contribution < -0.4 is 10.1 Å². The lowest BCUT2D eigenvalue weighted by atomic mass is 10.1. The number of hydrogen-bond donors (Lipinski definition) is 2. The topological polar surface area (TPSA) is 92.5 Å². The predicted octanol–water partition coefficient (Wildman–Crippen LogP) is 5.74. The average molecular weight is 431 g/mol. The normalized spacial score (nSPS) is 10.8. The Labute approximate surface area is 184 Å². The minimum absolute atomic E-state index is 0.160. The quantitative estimate of drug-likeness (QED) is 0.261. The highest BCUT2D eigenvalue weighted by atomic mass is 19.1. The SMILES string of the molecule is COCCOc1ccc(-c2ccc(N=N)c(NCc3ccc4ncccc4c3)n2)cc1F. The van der Waals surface area contributed by atoms with Crippen LogP contribution in [0.3, 0.4) is 0 Å². The van der Waals surface area contributed by atoms with Crippen molar-refractivity contribution in [2.75, 3.05) is 25.6 Å². The maximum atomic E-state index is 14.4. The number of nitrogens with zero attached hydrogens (tertiary/aromatic N) is 3. The van der Waals surface area contributed by atoms with E-state index in [0.717, 1.165) is 16.5 Å². The highest BCUT2D eigenvalue weighted by Crippen LogP contribution is 2.30. The lowest BCUT2D eigenvalue weighted by Gasteiger charge is -2.12. The molecule has 2 aromatic heterocycles. The molecule has 0 atom stereocenters. The molecule has 0 aliphatic carbocycles. The minimum atomic E-state index is -0.478. The van der Waals surface area contributed by atoms with Gasteiger partial charge in [-0.2, -0.15) is 5.11 Å². The summed E-state index contributed by atoms with van der Waals surface area (Å²) in [6, 6.07) is 18.0. The van der Waals surface area contributed by atoms with Crippen molar-refractivity contribution in [2.24, 2.45) is 5.11 Å². The molecule has 0 fully saturated rings. The van der Waals surface area contributed by atoms with Crippen LogP contribution in [0.25, 0.3) is 22.2 Å². The molecule has 2 N–H and O–H groups in total. The number of halogens is 1. The molecule has 0 unspecified atom stereocenters. The molecule has 0 amide bonds. The third-order valence-electron chi connectivity index (χ3n) is 4.89. The molecule has 32 heavy (non-hydrogen) atoms. The molecule has 2 heterocycles. The second-order valence-electron chi connectivity index (χ2n) is 7.05. The van der Waals surface area contributed by atoms with E-state index in [4.69, 9.17) is 15.0 Å². The van der Waals surface area contributed by atoms with Gasteiger partial charge in [0.25, 0.3) is 0 Å².